The Kier molecular flexibility index (Phi) is 5.04. The van der Waals surface area contributed by atoms with Crippen LogP contribution in [0.5, 0.6) is 0 Å². The summed E-state index contributed by atoms with van der Waals surface area (Å²) in [6.45, 7) is 6.30. The summed E-state index contributed by atoms with van der Waals surface area (Å²) in [5.41, 5.74) is 3.37. The van der Waals surface area contributed by atoms with Crippen LogP contribution in [0, 0.1) is 13.8 Å². The van der Waals surface area contributed by atoms with Crippen LogP contribution in [0.25, 0.3) is 16.5 Å². The lowest BCUT2D eigenvalue weighted by atomic mass is 10.2. The molecule has 0 aliphatic carbocycles. The molecule has 0 amide bonds. The van der Waals surface area contributed by atoms with Crippen LogP contribution in [-0.2, 0) is 12.2 Å². The fourth-order valence-electron chi connectivity index (χ4n) is 2.63. The smallest absolute Gasteiger partial charge is 0.257 e. The number of aromatic nitrogens is 6. The number of tetrazole rings is 1. The molecule has 0 saturated carbocycles. The van der Waals surface area contributed by atoms with Crippen molar-refractivity contribution in [1.82, 2.24) is 30.4 Å². The third-order valence-corrected chi connectivity index (χ3v) is 6.34. The molecule has 0 bridgehead atoms. The van der Waals surface area contributed by atoms with Crippen molar-refractivity contribution in [3.05, 3.63) is 52.2 Å². The largest absolute Gasteiger partial charge is 0.419 e. The predicted octanol–water partition coefficient (Wildman–Crippen LogP) is 4.25. The first kappa shape index (κ1) is 17.9. The maximum atomic E-state index is 5.83. The second-order valence-electron chi connectivity index (χ2n) is 6.07. The summed E-state index contributed by atoms with van der Waals surface area (Å²) in [7, 11) is 0. The van der Waals surface area contributed by atoms with Crippen molar-refractivity contribution >= 4 is 23.1 Å². The molecular weight excluding hydrogens is 380 g/mol. The first-order chi connectivity index (χ1) is 13.1. The molecule has 138 valence electrons. The molecule has 4 rings (SSSR count). The Morgan fingerprint density at radius 3 is 2.67 bits per heavy atom. The third-order valence-electron chi connectivity index (χ3n) is 4.06. The molecule has 3 aromatic heterocycles. The van der Waals surface area contributed by atoms with Crippen molar-refractivity contribution in [2.75, 3.05) is 0 Å². The van der Waals surface area contributed by atoms with Gasteiger partial charge in [-0.2, -0.15) is 4.68 Å². The Morgan fingerprint density at radius 1 is 1.11 bits per heavy atom. The summed E-state index contributed by atoms with van der Waals surface area (Å²) in [6.07, 6.45) is 1.01. The van der Waals surface area contributed by atoms with E-state index in [1.165, 1.54) is 27.8 Å². The molecule has 27 heavy (non-hydrogen) atoms. The molecule has 0 spiro atoms. The van der Waals surface area contributed by atoms with Crippen LogP contribution in [0.2, 0.25) is 0 Å². The third kappa shape index (κ3) is 3.79. The van der Waals surface area contributed by atoms with Gasteiger partial charge in [0.15, 0.2) is 0 Å². The maximum Gasteiger partial charge on any atom is 0.257 e. The van der Waals surface area contributed by atoms with E-state index < -0.39 is 0 Å². The number of aryl methyl sites for hydroxylation is 3. The minimum atomic E-state index is 0.504. The fourth-order valence-corrected chi connectivity index (χ4v) is 4.39. The Hall–Kier alpha value is -2.52. The van der Waals surface area contributed by atoms with Gasteiger partial charge in [-0.15, -0.1) is 26.6 Å². The van der Waals surface area contributed by atoms with Gasteiger partial charge in [-0.25, -0.2) is 0 Å². The minimum Gasteiger partial charge on any atom is -0.419 e. The van der Waals surface area contributed by atoms with Crippen LogP contribution in [0.15, 0.2) is 39.9 Å². The predicted molar refractivity (Wildman–Crippen MR) is 105 cm³/mol. The van der Waals surface area contributed by atoms with Crippen molar-refractivity contribution in [1.29, 1.82) is 0 Å². The number of thiophene rings is 1. The van der Waals surface area contributed by atoms with E-state index in [0.717, 1.165) is 17.0 Å². The summed E-state index contributed by atoms with van der Waals surface area (Å²) in [5, 5.41) is 21.0. The fraction of sp³-hybridized carbons (Fsp3) is 0.278. The SMILES string of the molecule is CCc1sc(-c2nnc(CSc3nnnn3-c3ccc(C)cc3)o2)cc1C. The van der Waals surface area contributed by atoms with Gasteiger partial charge in [-0.3, -0.25) is 0 Å². The lowest BCUT2D eigenvalue weighted by Gasteiger charge is -2.03. The second kappa shape index (κ2) is 7.61. The minimum absolute atomic E-state index is 0.504. The molecule has 0 aliphatic heterocycles. The molecular formula is C18H18N6OS2. The average molecular weight is 399 g/mol. The molecule has 7 nitrogen and oxygen atoms in total. The number of benzene rings is 1. The topological polar surface area (TPSA) is 82.5 Å². The number of hydrogen-bond donors (Lipinski definition) is 0. The first-order valence-corrected chi connectivity index (χ1v) is 10.3. The van der Waals surface area contributed by atoms with E-state index in [4.69, 9.17) is 4.42 Å². The van der Waals surface area contributed by atoms with Crippen molar-refractivity contribution in [3.63, 3.8) is 0 Å². The number of thioether (sulfide) groups is 1. The lowest BCUT2D eigenvalue weighted by molar-refractivity contribution is 0.529. The van der Waals surface area contributed by atoms with E-state index in [0.29, 0.717) is 22.7 Å². The zero-order valence-corrected chi connectivity index (χ0v) is 16.8. The molecule has 0 unspecified atom stereocenters. The highest BCUT2D eigenvalue weighted by molar-refractivity contribution is 7.98. The zero-order valence-electron chi connectivity index (χ0n) is 15.2. The van der Waals surface area contributed by atoms with Gasteiger partial charge < -0.3 is 4.42 Å². The number of hydrogen-bond acceptors (Lipinski definition) is 8. The van der Waals surface area contributed by atoms with E-state index in [1.54, 1.807) is 16.0 Å². The normalized spacial score (nSPS) is 11.2. The van der Waals surface area contributed by atoms with Crippen LogP contribution >= 0.6 is 23.1 Å². The van der Waals surface area contributed by atoms with E-state index in [9.17, 15) is 0 Å². The summed E-state index contributed by atoms with van der Waals surface area (Å²) in [5.74, 6) is 1.62. The van der Waals surface area contributed by atoms with Crippen LogP contribution in [0.1, 0.15) is 28.8 Å². The van der Waals surface area contributed by atoms with Gasteiger partial charge in [0.25, 0.3) is 5.89 Å². The summed E-state index contributed by atoms with van der Waals surface area (Å²) in [6, 6.07) is 10.1. The van der Waals surface area contributed by atoms with Crippen LogP contribution < -0.4 is 0 Å². The standard InChI is InChI=1S/C18H18N6OS2/c1-4-14-12(3)9-15(27-14)17-20-19-16(25-17)10-26-18-21-22-23-24(18)13-7-5-11(2)6-8-13/h5-9H,4,10H2,1-3H3. The summed E-state index contributed by atoms with van der Waals surface area (Å²) >= 11 is 3.16. The van der Waals surface area contributed by atoms with Crippen molar-refractivity contribution in [2.24, 2.45) is 0 Å². The maximum absolute atomic E-state index is 5.83. The molecule has 9 heteroatoms. The molecule has 0 atom stereocenters. The van der Waals surface area contributed by atoms with E-state index >= 15 is 0 Å². The highest BCUT2D eigenvalue weighted by atomic mass is 32.2. The molecule has 4 aromatic rings. The first-order valence-electron chi connectivity index (χ1n) is 8.54. The summed E-state index contributed by atoms with van der Waals surface area (Å²) in [4.78, 5) is 2.36. The van der Waals surface area contributed by atoms with Crippen molar-refractivity contribution < 1.29 is 4.42 Å². The second-order valence-corrected chi connectivity index (χ2v) is 8.15. The molecule has 3 heterocycles. The van der Waals surface area contributed by atoms with Crippen LogP contribution in [0.3, 0.4) is 0 Å². The Bertz CT molecular complexity index is 1050. The van der Waals surface area contributed by atoms with E-state index in [1.807, 2.05) is 31.2 Å². The molecule has 1 aromatic carbocycles. The molecule has 0 N–H and O–H groups in total. The Morgan fingerprint density at radius 2 is 1.93 bits per heavy atom. The molecule has 0 radical (unpaired) electrons. The highest BCUT2D eigenvalue weighted by Gasteiger charge is 2.15. The molecule has 0 saturated heterocycles. The van der Waals surface area contributed by atoms with E-state index in [-0.39, 0.29) is 0 Å². The van der Waals surface area contributed by atoms with Crippen LogP contribution in [-0.4, -0.2) is 30.4 Å². The van der Waals surface area contributed by atoms with Gasteiger partial charge >= 0.3 is 0 Å². The van der Waals surface area contributed by atoms with Gasteiger partial charge in [0.1, 0.15) is 0 Å². The quantitative estimate of drug-likeness (QED) is 0.449. The van der Waals surface area contributed by atoms with E-state index in [2.05, 4.69) is 45.6 Å². The molecule has 0 fully saturated rings. The van der Waals surface area contributed by atoms with Crippen molar-refractivity contribution in [2.45, 2.75) is 38.1 Å². The number of rotatable bonds is 6. The lowest BCUT2D eigenvalue weighted by Crippen LogP contribution is -1.99. The van der Waals surface area contributed by atoms with Crippen LogP contribution in [0.4, 0.5) is 0 Å². The van der Waals surface area contributed by atoms with Gasteiger partial charge in [0.2, 0.25) is 11.0 Å². The van der Waals surface area contributed by atoms with Crippen molar-refractivity contribution in [3.8, 4) is 16.5 Å². The number of nitrogens with zero attached hydrogens (tertiary/aromatic N) is 6. The highest BCUT2D eigenvalue weighted by Crippen LogP contribution is 2.31. The summed E-state index contributed by atoms with van der Waals surface area (Å²) < 4.78 is 7.54. The van der Waals surface area contributed by atoms with Gasteiger partial charge in [0.05, 0.1) is 16.3 Å². The molecule has 0 aliphatic rings. The van der Waals surface area contributed by atoms with Gasteiger partial charge in [-0.1, -0.05) is 36.4 Å². The Labute approximate surface area is 164 Å². The zero-order chi connectivity index (χ0) is 18.8. The van der Waals surface area contributed by atoms with Gasteiger partial charge in [0, 0.05) is 4.88 Å². The average Bonchev–Trinajstić information content (AvgIpc) is 3.39. The van der Waals surface area contributed by atoms with Gasteiger partial charge in [-0.05, 0) is 54.5 Å². The Balaban J connectivity index is 1.48. The monoisotopic (exact) mass is 398 g/mol.